The summed E-state index contributed by atoms with van der Waals surface area (Å²) in [5.74, 6) is 1.96. The summed E-state index contributed by atoms with van der Waals surface area (Å²) >= 11 is 2.02. The van der Waals surface area contributed by atoms with Crippen LogP contribution in [-0.2, 0) is 0 Å². The molecular weight excluding hydrogens is 264 g/mol. The molecule has 0 spiro atoms. The second kappa shape index (κ2) is 6.97. The van der Waals surface area contributed by atoms with Gasteiger partial charge in [-0.2, -0.15) is 0 Å². The minimum Gasteiger partial charge on any atom is -0.313 e. The highest BCUT2D eigenvalue weighted by Gasteiger charge is 2.24. The Morgan fingerprint density at radius 1 is 1.25 bits per heavy atom. The second-order valence-corrected chi connectivity index (χ2v) is 7.13. The van der Waals surface area contributed by atoms with Gasteiger partial charge < -0.3 is 10.2 Å². The van der Waals surface area contributed by atoms with E-state index in [0.717, 1.165) is 12.6 Å². The highest BCUT2D eigenvalue weighted by molar-refractivity contribution is 7.99. The second-order valence-electron chi connectivity index (χ2n) is 6.07. The summed E-state index contributed by atoms with van der Waals surface area (Å²) < 4.78 is 0. The maximum absolute atomic E-state index is 3.83. The lowest BCUT2D eigenvalue weighted by Crippen LogP contribution is -2.43. The van der Waals surface area contributed by atoms with Crippen LogP contribution >= 0.6 is 11.8 Å². The topological polar surface area (TPSA) is 15.3 Å². The zero-order chi connectivity index (χ0) is 13.8. The first-order valence-electron chi connectivity index (χ1n) is 8.04. The molecule has 0 aromatic heterocycles. The molecule has 110 valence electrons. The van der Waals surface area contributed by atoms with Crippen molar-refractivity contribution in [2.45, 2.75) is 43.0 Å². The van der Waals surface area contributed by atoms with Crippen molar-refractivity contribution in [3.63, 3.8) is 0 Å². The summed E-state index contributed by atoms with van der Waals surface area (Å²) in [6.07, 6.45) is 3.93. The number of hydrogen-bond acceptors (Lipinski definition) is 3. The van der Waals surface area contributed by atoms with Gasteiger partial charge in [0.25, 0.3) is 0 Å². The lowest BCUT2D eigenvalue weighted by atomic mass is 9.99. The average molecular weight is 290 g/mol. The summed E-state index contributed by atoms with van der Waals surface area (Å²) in [6, 6.07) is 9.65. The highest BCUT2D eigenvalue weighted by Crippen LogP contribution is 2.38. The van der Waals surface area contributed by atoms with E-state index in [1.54, 1.807) is 5.56 Å². The summed E-state index contributed by atoms with van der Waals surface area (Å²) in [6.45, 7) is 7.27. The summed E-state index contributed by atoms with van der Waals surface area (Å²) in [4.78, 5) is 4.11. The Morgan fingerprint density at radius 2 is 2.05 bits per heavy atom. The van der Waals surface area contributed by atoms with Crippen LogP contribution in [0.2, 0.25) is 0 Å². The Bertz CT molecular complexity index is 427. The van der Waals surface area contributed by atoms with Crippen LogP contribution in [-0.4, -0.2) is 42.9 Å². The van der Waals surface area contributed by atoms with Gasteiger partial charge in [0.05, 0.1) is 0 Å². The van der Waals surface area contributed by atoms with Crippen LogP contribution in [0.25, 0.3) is 0 Å². The fourth-order valence-corrected chi connectivity index (χ4v) is 4.64. The van der Waals surface area contributed by atoms with Crippen LogP contribution in [0.1, 0.15) is 37.7 Å². The van der Waals surface area contributed by atoms with Crippen molar-refractivity contribution in [2.24, 2.45) is 0 Å². The molecule has 1 atom stereocenters. The number of nitrogens with zero attached hydrogens (tertiary/aromatic N) is 1. The Balaban J connectivity index is 1.45. The molecule has 1 saturated heterocycles. The normalized spacial score (nSPS) is 23.9. The molecule has 0 amide bonds. The molecule has 1 aromatic carbocycles. The molecule has 2 nitrogen and oxygen atoms in total. The van der Waals surface area contributed by atoms with Crippen LogP contribution < -0.4 is 5.32 Å². The molecule has 1 fully saturated rings. The van der Waals surface area contributed by atoms with Gasteiger partial charge in [-0.25, -0.2) is 0 Å². The molecule has 1 unspecified atom stereocenters. The van der Waals surface area contributed by atoms with Gasteiger partial charge in [-0.15, -0.1) is 11.8 Å². The molecule has 2 heterocycles. The maximum Gasteiger partial charge on any atom is 0.0108 e. The highest BCUT2D eigenvalue weighted by atomic mass is 32.2. The molecule has 1 N–H and O–H groups in total. The predicted octanol–water partition coefficient (Wildman–Crippen LogP) is 3.34. The molecular formula is C17H26N2S. The Kier molecular flexibility index (Phi) is 5.03. The Hall–Kier alpha value is -0.510. The third-order valence-corrected chi connectivity index (χ3v) is 5.83. The first kappa shape index (κ1) is 14.4. The number of fused-ring (bicyclic) bond motifs is 1. The van der Waals surface area contributed by atoms with E-state index < -0.39 is 0 Å². The summed E-state index contributed by atoms with van der Waals surface area (Å²) in [5.41, 5.74) is 1.56. The smallest absolute Gasteiger partial charge is 0.0108 e. The van der Waals surface area contributed by atoms with E-state index >= 15 is 0 Å². The van der Waals surface area contributed by atoms with Crippen molar-refractivity contribution >= 4 is 11.8 Å². The molecule has 3 heteroatoms. The van der Waals surface area contributed by atoms with Gasteiger partial charge >= 0.3 is 0 Å². The van der Waals surface area contributed by atoms with Gasteiger partial charge in [-0.05, 0) is 50.5 Å². The molecule has 0 aliphatic carbocycles. The van der Waals surface area contributed by atoms with Gasteiger partial charge in [-0.1, -0.05) is 25.1 Å². The quantitative estimate of drug-likeness (QED) is 0.895. The van der Waals surface area contributed by atoms with E-state index in [-0.39, 0.29) is 0 Å². The van der Waals surface area contributed by atoms with Crippen LogP contribution in [0.4, 0.5) is 0 Å². The van der Waals surface area contributed by atoms with Gasteiger partial charge in [0.1, 0.15) is 0 Å². The zero-order valence-electron chi connectivity index (χ0n) is 12.5. The fourth-order valence-electron chi connectivity index (χ4n) is 3.38. The van der Waals surface area contributed by atoms with Crippen LogP contribution in [0.15, 0.2) is 29.2 Å². The molecule has 2 aliphatic heterocycles. The van der Waals surface area contributed by atoms with E-state index in [1.807, 2.05) is 11.8 Å². The lowest BCUT2D eigenvalue weighted by molar-refractivity contribution is 0.197. The SMILES string of the molecule is CCCN1CCC(NCC2CSc3ccccc32)CC1. The summed E-state index contributed by atoms with van der Waals surface area (Å²) in [5, 5.41) is 3.83. The van der Waals surface area contributed by atoms with Crippen LogP contribution in [0, 0.1) is 0 Å². The number of benzene rings is 1. The van der Waals surface area contributed by atoms with Gasteiger partial charge in [0, 0.05) is 29.2 Å². The molecule has 0 bridgehead atoms. The molecule has 3 rings (SSSR count). The molecule has 2 aliphatic rings. The van der Waals surface area contributed by atoms with Crippen molar-refractivity contribution in [1.82, 2.24) is 10.2 Å². The third kappa shape index (κ3) is 3.38. The Labute approximate surface area is 127 Å². The number of rotatable bonds is 5. The van der Waals surface area contributed by atoms with Gasteiger partial charge in [0.15, 0.2) is 0 Å². The summed E-state index contributed by atoms with van der Waals surface area (Å²) in [7, 11) is 0. The van der Waals surface area contributed by atoms with E-state index in [9.17, 15) is 0 Å². The average Bonchev–Trinajstić information content (AvgIpc) is 2.90. The number of hydrogen-bond donors (Lipinski definition) is 1. The van der Waals surface area contributed by atoms with Gasteiger partial charge in [-0.3, -0.25) is 0 Å². The maximum atomic E-state index is 3.83. The Morgan fingerprint density at radius 3 is 2.85 bits per heavy atom. The van der Waals surface area contributed by atoms with E-state index in [2.05, 4.69) is 41.4 Å². The van der Waals surface area contributed by atoms with E-state index in [0.29, 0.717) is 5.92 Å². The predicted molar refractivity (Wildman–Crippen MR) is 87.7 cm³/mol. The first-order valence-corrected chi connectivity index (χ1v) is 9.03. The number of thioether (sulfide) groups is 1. The van der Waals surface area contributed by atoms with Crippen LogP contribution in [0.5, 0.6) is 0 Å². The molecule has 20 heavy (non-hydrogen) atoms. The molecule has 0 saturated carbocycles. The van der Waals surface area contributed by atoms with Crippen molar-refractivity contribution in [3.8, 4) is 0 Å². The van der Waals surface area contributed by atoms with Crippen LogP contribution in [0.3, 0.4) is 0 Å². The van der Waals surface area contributed by atoms with E-state index in [4.69, 9.17) is 0 Å². The number of nitrogens with one attached hydrogen (secondary N) is 1. The van der Waals surface area contributed by atoms with Crippen molar-refractivity contribution in [2.75, 3.05) is 31.9 Å². The fraction of sp³-hybridized carbons (Fsp3) is 0.647. The number of piperidine rings is 1. The van der Waals surface area contributed by atoms with Crippen molar-refractivity contribution < 1.29 is 0 Å². The molecule has 1 aromatic rings. The first-order chi connectivity index (χ1) is 9.86. The number of likely N-dealkylation sites (tertiary alicyclic amines) is 1. The van der Waals surface area contributed by atoms with Crippen molar-refractivity contribution in [1.29, 1.82) is 0 Å². The monoisotopic (exact) mass is 290 g/mol. The minimum absolute atomic E-state index is 0.713. The standard InChI is InChI=1S/C17H26N2S/c1-2-9-19-10-7-15(8-11-19)18-12-14-13-20-17-6-4-3-5-16(14)17/h3-6,14-15,18H,2,7-13H2,1H3. The van der Waals surface area contributed by atoms with Crippen molar-refractivity contribution in [3.05, 3.63) is 29.8 Å². The third-order valence-electron chi connectivity index (χ3n) is 4.58. The zero-order valence-corrected chi connectivity index (χ0v) is 13.3. The lowest BCUT2D eigenvalue weighted by Gasteiger charge is -2.32. The van der Waals surface area contributed by atoms with Gasteiger partial charge in [0.2, 0.25) is 0 Å². The largest absolute Gasteiger partial charge is 0.313 e. The van der Waals surface area contributed by atoms with E-state index in [1.165, 1.54) is 49.5 Å². The minimum atomic E-state index is 0.713. The molecule has 0 radical (unpaired) electrons.